The highest BCUT2D eigenvalue weighted by molar-refractivity contribution is 5.79. The van der Waals surface area contributed by atoms with Crippen molar-refractivity contribution in [2.24, 2.45) is 0 Å². The van der Waals surface area contributed by atoms with Crippen molar-refractivity contribution in [3.8, 4) is 23.0 Å². The number of nitrogens with one attached hydrogen (secondary N) is 1. The predicted molar refractivity (Wildman–Crippen MR) is 111 cm³/mol. The fourth-order valence-corrected chi connectivity index (χ4v) is 3.75. The van der Waals surface area contributed by atoms with E-state index in [1.165, 1.54) is 0 Å². The molecule has 32 heavy (non-hydrogen) atoms. The summed E-state index contributed by atoms with van der Waals surface area (Å²) in [6.07, 6.45) is -5.52. The van der Waals surface area contributed by atoms with Gasteiger partial charge in [0.1, 0.15) is 6.61 Å². The first-order valence-corrected chi connectivity index (χ1v) is 9.79. The van der Waals surface area contributed by atoms with Gasteiger partial charge in [0.25, 0.3) is 0 Å². The maximum absolute atomic E-state index is 14.0. The summed E-state index contributed by atoms with van der Waals surface area (Å²) in [5, 5.41) is 2.41. The standard InChI is InChI=1S/C25H17F4NO2/c26-23-16(7-5-13-22(23)25(27,28)29)8-6-14-30-24(31)32-15-21-19-11-3-1-9-17(19)18-10-2-4-12-20(18)21/h1-5,7,9-13,21H,14-15H2,(H,30,31). The van der Waals surface area contributed by atoms with Crippen LogP contribution in [0.4, 0.5) is 22.4 Å². The molecule has 0 heterocycles. The van der Waals surface area contributed by atoms with Crippen LogP contribution in [0.15, 0.2) is 66.7 Å². The molecule has 7 heteroatoms. The van der Waals surface area contributed by atoms with E-state index in [-0.39, 0.29) is 19.1 Å². The van der Waals surface area contributed by atoms with Gasteiger partial charge in [-0.1, -0.05) is 66.4 Å². The van der Waals surface area contributed by atoms with Crippen molar-refractivity contribution in [2.45, 2.75) is 12.1 Å². The van der Waals surface area contributed by atoms with Crippen LogP contribution >= 0.6 is 0 Å². The lowest BCUT2D eigenvalue weighted by molar-refractivity contribution is -0.140. The lowest BCUT2D eigenvalue weighted by Gasteiger charge is -2.14. The summed E-state index contributed by atoms with van der Waals surface area (Å²) >= 11 is 0. The summed E-state index contributed by atoms with van der Waals surface area (Å²) in [5.74, 6) is 3.22. The third-order valence-corrected chi connectivity index (χ3v) is 5.19. The summed E-state index contributed by atoms with van der Waals surface area (Å²) in [6, 6.07) is 18.7. The highest BCUT2D eigenvalue weighted by atomic mass is 19.4. The van der Waals surface area contributed by atoms with E-state index < -0.39 is 29.2 Å². The molecule has 3 aromatic rings. The molecule has 1 N–H and O–H groups in total. The number of hydrogen-bond acceptors (Lipinski definition) is 2. The summed E-state index contributed by atoms with van der Waals surface area (Å²) < 4.78 is 57.6. The van der Waals surface area contributed by atoms with Crippen molar-refractivity contribution in [1.29, 1.82) is 0 Å². The van der Waals surface area contributed by atoms with Crippen molar-refractivity contribution in [2.75, 3.05) is 13.2 Å². The van der Waals surface area contributed by atoms with Gasteiger partial charge in [-0.25, -0.2) is 9.18 Å². The van der Waals surface area contributed by atoms with Crippen molar-refractivity contribution in [3.63, 3.8) is 0 Å². The van der Waals surface area contributed by atoms with E-state index in [1.54, 1.807) is 0 Å². The van der Waals surface area contributed by atoms with Gasteiger partial charge in [-0.05, 0) is 34.4 Å². The Morgan fingerprint density at radius 3 is 2.19 bits per heavy atom. The Balaban J connectivity index is 1.36. The molecule has 0 unspecified atom stereocenters. The number of carbonyl (C=O) groups excluding carboxylic acids is 1. The van der Waals surface area contributed by atoms with Gasteiger partial charge in [0, 0.05) is 5.92 Å². The second kappa shape index (κ2) is 8.75. The average Bonchev–Trinajstić information content (AvgIpc) is 3.09. The first kappa shape index (κ1) is 21.4. The number of fused-ring (bicyclic) bond motifs is 3. The van der Waals surface area contributed by atoms with Gasteiger partial charge in [-0.2, -0.15) is 13.2 Å². The summed E-state index contributed by atoms with van der Waals surface area (Å²) in [5.41, 5.74) is 2.57. The number of carbonyl (C=O) groups is 1. The minimum absolute atomic E-state index is 0.0987. The summed E-state index contributed by atoms with van der Waals surface area (Å²) in [7, 11) is 0. The molecule has 1 amide bonds. The number of halogens is 4. The molecule has 0 saturated carbocycles. The van der Waals surface area contributed by atoms with E-state index in [0.717, 1.165) is 34.4 Å². The van der Waals surface area contributed by atoms with Crippen LogP contribution in [0.5, 0.6) is 0 Å². The molecule has 0 aliphatic heterocycles. The van der Waals surface area contributed by atoms with E-state index >= 15 is 0 Å². The number of rotatable bonds is 3. The molecular formula is C25H17F4NO2. The maximum atomic E-state index is 14.0. The van der Waals surface area contributed by atoms with Gasteiger partial charge in [0.2, 0.25) is 0 Å². The lowest BCUT2D eigenvalue weighted by Crippen LogP contribution is -2.26. The van der Waals surface area contributed by atoms with Crippen LogP contribution in [-0.2, 0) is 10.9 Å². The monoisotopic (exact) mass is 439 g/mol. The van der Waals surface area contributed by atoms with E-state index in [2.05, 4.69) is 17.2 Å². The molecule has 0 atom stereocenters. The second-order valence-electron chi connectivity index (χ2n) is 7.15. The van der Waals surface area contributed by atoms with E-state index in [9.17, 15) is 22.4 Å². The Morgan fingerprint density at radius 1 is 0.938 bits per heavy atom. The Hall–Kier alpha value is -3.79. The van der Waals surface area contributed by atoms with Gasteiger partial charge < -0.3 is 10.1 Å². The van der Waals surface area contributed by atoms with Crippen molar-refractivity contribution >= 4 is 6.09 Å². The SMILES string of the molecule is O=C(NCC#Cc1cccc(C(F)(F)F)c1F)OCC1c2ccccc2-c2ccccc21. The van der Waals surface area contributed by atoms with Crippen LogP contribution in [0.3, 0.4) is 0 Å². The Morgan fingerprint density at radius 2 is 1.56 bits per heavy atom. The van der Waals surface area contributed by atoms with Gasteiger partial charge >= 0.3 is 12.3 Å². The minimum Gasteiger partial charge on any atom is -0.449 e. The highest BCUT2D eigenvalue weighted by Crippen LogP contribution is 2.44. The molecule has 0 aromatic heterocycles. The molecule has 0 bridgehead atoms. The molecule has 3 nitrogen and oxygen atoms in total. The van der Waals surface area contributed by atoms with Gasteiger partial charge in [-0.3, -0.25) is 0 Å². The van der Waals surface area contributed by atoms with E-state index in [0.29, 0.717) is 6.07 Å². The molecule has 4 rings (SSSR count). The van der Waals surface area contributed by atoms with Gasteiger partial charge in [0.15, 0.2) is 5.82 Å². The molecule has 1 aliphatic carbocycles. The largest absolute Gasteiger partial charge is 0.449 e. The molecule has 0 radical (unpaired) electrons. The fraction of sp³-hybridized carbons (Fsp3) is 0.160. The number of hydrogen-bond donors (Lipinski definition) is 1. The average molecular weight is 439 g/mol. The third kappa shape index (κ3) is 4.30. The van der Waals surface area contributed by atoms with Crippen LogP contribution in [0.2, 0.25) is 0 Å². The first-order valence-electron chi connectivity index (χ1n) is 9.79. The van der Waals surface area contributed by atoms with E-state index in [1.807, 2.05) is 48.5 Å². The van der Waals surface area contributed by atoms with Crippen molar-refractivity contribution in [1.82, 2.24) is 5.32 Å². The zero-order valence-corrected chi connectivity index (χ0v) is 16.7. The highest BCUT2D eigenvalue weighted by Gasteiger charge is 2.34. The molecule has 3 aromatic carbocycles. The lowest BCUT2D eigenvalue weighted by atomic mass is 9.98. The van der Waals surface area contributed by atoms with Crippen molar-refractivity contribution in [3.05, 3.63) is 94.8 Å². The number of alkyl carbamates (subject to hydrolysis) is 1. The number of alkyl halides is 3. The topological polar surface area (TPSA) is 38.3 Å². The Labute approximate surface area is 182 Å². The van der Waals surface area contributed by atoms with Crippen LogP contribution in [0.25, 0.3) is 11.1 Å². The molecule has 0 saturated heterocycles. The summed E-state index contributed by atoms with van der Waals surface area (Å²) in [4.78, 5) is 12.1. The smallest absolute Gasteiger partial charge is 0.419 e. The Bertz CT molecular complexity index is 1180. The first-order chi connectivity index (χ1) is 15.4. The van der Waals surface area contributed by atoms with Crippen LogP contribution < -0.4 is 5.32 Å². The van der Waals surface area contributed by atoms with Gasteiger partial charge in [-0.15, -0.1) is 0 Å². The second-order valence-corrected chi connectivity index (χ2v) is 7.15. The fourth-order valence-electron chi connectivity index (χ4n) is 3.75. The number of ether oxygens (including phenoxy) is 1. The van der Waals surface area contributed by atoms with Crippen LogP contribution in [0.1, 0.15) is 28.2 Å². The molecule has 0 fully saturated rings. The number of benzene rings is 3. The molecule has 1 aliphatic rings. The zero-order valence-electron chi connectivity index (χ0n) is 16.7. The van der Waals surface area contributed by atoms with E-state index in [4.69, 9.17) is 4.74 Å². The van der Waals surface area contributed by atoms with Crippen molar-refractivity contribution < 1.29 is 27.1 Å². The predicted octanol–water partition coefficient (Wildman–Crippen LogP) is 5.73. The molecular weight excluding hydrogens is 422 g/mol. The van der Waals surface area contributed by atoms with Gasteiger partial charge in [0.05, 0.1) is 17.7 Å². The maximum Gasteiger partial charge on any atom is 0.419 e. The molecule has 162 valence electrons. The zero-order chi connectivity index (χ0) is 22.7. The third-order valence-electron chi connectivity index (χ3n) is 5.19. The van der Waals surface area contributed by atoms with Crippen LogP contribution in [0, 0.1) is 17.7 Å². The minimum atomic E-state index is -4.80. The quantitative estimate of drug-likeness (QED) is 0.418. The normalized spacial score (nSPS) is 12.4. The Kier molecular flexibility index (Phi) is 5.87. The summed E-state index contributed by atoms with van der Waals surface area (Å²) in [6.45, 7) is -0.0814. The van der Waals surface area contributed by atoms with Crippen LogP contribution in [-0.4, -0.2) is 19.2 Å². The molecule has 0 spiro atoms. The number of amides is 1.